The van der Waals surface area contributed by atoms with Crippen LogP contribution in [0.15, 0.2) is 58.9 Å². The molecule has 162 valence electrons. The average Bonchev–Trinajstić information content (AvgIpc) is 3.64. The van der Waals surface area contributed by atoms with Crippen LogP contribution in [0.2, 0.25) is 0 Å². The molecule has 0 bridgehead atoms. The highest BCUT2D eigenvalue weighted by Gasteiger charge is 2.45. The van der Waals surface area contributed by atoms with Gasteiger partial charge in [-0.3, -0.25) is 14.6 Å². The van der Waals surface area contributed by atoms with Crippen LogP contribution in [0, 0.1) is 18.3 Å². The van der Waals surface area contributed by atoms with Gasteiger partial charge in [0.25, 0.3) is 17.6 Å². The number of carbonyl (C=O) groups is 2. The molecule has 2 aliphatic rings. The largest absolute Gasteiger partial charge is 0.509 e. The normalized spacial score (nSPS) is 16.9. The Bertz CT molecular complexity index is 1170. The van der Waals surface area contributed by atoms with Gasteiger partial charge in [-0.25, -0.2) is 9.38 Å². The van der Waals surface area contributed by atoms with Crippen LogP contribution in [0.4, 0.5) is 21.6 Å². The first kappa shape index (κ1) is 21.5. The van der Waals surface area contributed by atoms with Gasteiger partial charge >= 0.3 is 0 Å². The lowest BCUT2D eigenvalue weighted by Crippen LogP contribution is -2.56. The van der Waals surface area contributed by atoms with Gasteiger partial charge in [-0.2, -0.15) is 5.01 Å². The maximum Gasteiger partial charge on any atom is 0.285 e. The number of carbonyl (C=O) groups excluding carboxylic acids is 2. The van der Waals surface area contributed by atoms with Gasteiger partial charge in [0.1, 0.15) is 28.4 Å². The number of rotatable bonds is 4. The first-order valence-electron chi connectivity index (χ1n) is 9.73. The number of benzene rings is 1. The number of aliphatic hydroxyl groups excluding tert-OH is 1. The molecule has 1 fully saturated rings. The van der Waals surface area contributed by atoms with E-state index in [2.05, 4.69) is 14.8 Å². The van der Waals surface area contributed by atoms with Crippen LogP contribution in [-0.2, 0) is 9.59 Å². The molecule has 0 unspecified atom stereocenters. The topological polar surface area (TPSA) is 90.5 Å². The van der Waals surface area contributed by atoms with Gasteiger partial charge in [0, 0.05) is 5.92 Å². The predicted molar refractivity (Wildman–Crippen MR) is 119 cm³/mol. The van der Waals surface area contributed by atoms with E-state index in [9.17, 15) is 19.1 Å². The summed E-state index contributed by atoms with van der Waals surface area (Å²) in [5.74, 6) is -1.81. The number of amides is 2. The fourth-order valence-corrected chi connectivity index (χ4v) is 3.81. The molecule has 1 N–H and O–H groups in total. The Morgan fingerprint density at radius 3 is 2.56 bits per heavy atom. The number of anilines is 1. The number of hydrogen-bond donors (Lipinski definition) is 1. The minimum absolute atomic E-state index is 0.0715. The monoisotopic (exact) mass is 451 g/mol. The first-order valence-corrected chi connectivity index (χ1v) is 11.0. The Morgan fingerprint density at radius 1 is 1.28 bits per heavy atom. The van der Waals surface area contributed by atoms with Crippen LogP contribution < -0.4 is 5.01 Å². The van der Waals surface area contributed by atoms with E-state index >= 15 is 0 Å². The molecule has 10 heteroatoms. The second-order valence-electron chi connectivity index (χ2n) is 7.19. The van der Waals surface area contributed by atoms with E-state index in [1.54, 1.807) is 12.3 Å². The number of aliphatic imine (C=N–C) groups is 1. The highest BCUT2D eigenvalue weighted by atomic mass is 32.2. The highest BCUT2D eigenvalue weighted by molar-refractivity contribution is 8.14. The van der Waals surface area contributed by atoms with E-state index in [1.807, 2.05) is 0 Å². The number of hydrazine groups is 1. The summed E-state index contributed by atoms with van der Waals surface area (Å²) in [6.45, 7) is 6.89. The summed E-state index contributed by atoms with van der Waals surface area (Å²) in [4.78, 5) is 38.2. The van der Waals surface area contributed by atoms with Gasteiger partial charge in [-0.1, -0.05) is 6.57 Å². The molecule has 1 saturated carbocycles. The summed E-state index contributed by atoms with van der Waals surface area (Å²) in [5.41, 5.74) is 0.731. The molecule has 0 saturated heterocycles. The van der Waals surface area contributed by atoms with Crippen LogP contribution >= 0.6 is 11.8 Å². The van der Waals surface area contributed by atoms with Crippen LogP contribution in [0.5, 0.6) is 0 Å². The van der Waals surface area contributed by atoms with E-state index < -0.39 is 11.7 Å². The van der Waals surface area contributed by atoms with Crippen LogP contribution in [0.3, 0.4) is 0 Å². The SMILES string of the molecule is [C-]#[N+]c1ccc(N2CC(O)=C(C(=Nc3ccc(F)cc3)SC)C(=O)N2C(=O)C2CC2)cn1. The van der Waals surface area contributed by atoms with E-state index in [4.69, 9.17) is 6.57 Å². The Labute approximate surface area is 187 Å². The summed E-state index contributed by atoms with van der Waals surface area (Å²) >= 11 is 1.14. The zero-order chi connectivity index (χ0) is 22.8. The second-order valence-corrected chi connectivity index (χ2v) is 7.99. The van der Waals surface area contributed by atoms with Gasteiger partial charge in [0.2, 0.25) is 0 Å². The van der Waals surface area contributed by atoms with Crippen molar-refractivity contribution in [2.45, 2.75) is 12.8 Å². The summed E-state index contributed by atoms with van der Waals surface area (Å²) in [6.07, 6.45) is 4.46. The van der Waals surface area contributed by atoms with E-state index in [-0.39, 0.29) is 40.6 Å². The molecular weight excluding hydrogens is 433 g/mol. The van der Waals surface area contributed by atoms with Crippen LogP contribution in [0.25, 0.3) is 4.85 Å². The third-order valence-electron chi connectivity index (χ3n) is 4.98. The Hall–Kier alpha value is -3.71. The van der Waals surface area contributed by atoms with Gasteiger partial charge in [-0.05, 0) is 55.5 Å². The minimum Gasteiger partial charge on any atom is -0.509 e. The molecule has 1 aliphatic heterocycles. The Kier molecular flexibility index (Phi) is 5.92. The second kappa shape index (κ2) is 8.80. The first-order chi connectivity index (χ1) is 15.4. The quantitative estimate of drug-likeness (QED) is 0.325. The fourth-order valence-electron chi connectivity index (χ4n) is 3.21. The summed E-state index contributed by atoms with van der Waals surface area (Å²) in [5, 5.41) is 13.4. The zero-order valence-corrected chi connectivity index (χ0v) is 17.8. The van der Waals surface area contributed by atoms with Crippen molar-refractivity contribution in [3.05, 3.63) is 71.2 Å². The third kappa shape index (κ3) is 4.20. The van der Waals surface area contributed by atoms with Gasteiger partial charge in [0.15, 0.2) is 0 Å². The Morgan fingerprint density at radius 2 is 2.00 bits per heavy atom. The van der Waals surface area contributed by atoms with Crippen molar-refractivity contribution >= 4 is 45.8 Å². The summed E-state index contributed by atoms with van der Waals surface area (Å²) in [6, 6.07) is 8.46. The number of nitrogens with zero attached hydrogens (tertiary/aromatic N) is 5. The number of aliphatic hydroxyl groups is 1. The standard InChI is InChI=1S/C22H18FN5O3S/c1-24-18-10-9-16(11-25-18)27-12-17(29)19(22(31)28(27)21(30)13-3-4-13)20(32-2)26-15-7-5-14(23)6-8-15/h5-11,13,29H,3-4,12H2,2H3. The highest BCUT2D eigenvalue weighted by Crippen LogP contribution is 2.36. The predicted octanol–water partition coefficient (Wildman–Crippen LogP) is 4.18. The van der Waals surface area contributed by atoms with Gasteiger partial charge in [0.05, 0.1) is 17.9 Å². The lowest BCUT2D eigenvalue weighted by atomic mass is 10.1. The maximum atomic E-state index is 13.5. The van der Waals surface area contributed by atoms with Crippen LogP contribution in [0.1, 0.15) is 12.8 Å². The number of imide groups is 1. The molecule has 2 amide bonds. The minimum atomic E-state index is -0.699. The molecule has 4 rings (SSSR count). The number of pyridine rings is 1. The van der Waals surface area contributed by atoms with E-state index in [0.717, 1.165) is 16.8 Å². The molecule has 0 radical (unpaired) electrons. The third-order valence-corrected chi connectivity index (χ3v) is 5.66. The smallest absolute Gasteiger partial charge is 0.285 e. The summed E-state index contributed by atoms with van der Waals surface area (Å²) < 4.78 is 13.2. The van der Waals surface area contributed by atoms with Crippen molar-refractivity contribution in [1.29, 1.82) is 0 Å². The maximum absolute atomic E-state index is 13.5. The van der Waals surface area contributed by atoms with Crippen LogP contribution in [-0.4, -0.2) is 44.8 Å². The lowest BCUT2D eigenvalue weighted by Gasteiger charge is -2.38. The van der Waals surface area contributed by atoms with Gasteiger partial charge in [-0.15, -0.1) is 16.7 Å². The molecule has 32 heavy (non-hydrogen) atoms. The molecule has 8 nitrogen and oxygen atoms in total. The fraction of sp³-hybridized carbons (Fsp3) is 0.227. The van der Waals surface area contributed by atoms with Crippen molar-refractivity contribution < 1.29 is 19.1 Å². The molecule has 1 aliphatic carbocycles. The number of halogens is 1. The van der Waals surface area contributed by atoms with E-state index in [1.165, 1.54) is 41.5 Å². The molecular formula is C22H18FN5O3S. The summed E-state index contributed by atoms with van der Waals surface area (Å²) in [7, 11) is 0. The molecule has 1 aromatic heterocycles. The molecule has 2 heterocycles. The Balaban J connectivity index is 1.76. The molecule has 2 aromatic rings. The molecule has 1 aromatic carbocycles. The van der Waals surface area contributed by atoms with E-state index in [0.29, 0.717) is 24.2 Å². The number of thioether (sulfide) groups is 1. The zero-order valence-electron chi connectivity index (χ0n) is 17.0. The van der Waals surface area contributed by atoms with Crippen molar-refractivity contribution in [2.75, 3.05) is 17.8 Å². The van der Waals surface area contributed by atoms with Crippen molar-refractivity contribution in [1.82, 2.24) is 9.99 Å². The van der Waals surface area contributed by atoms with Crippen molar-refractivity contribution in [3.63, 3.8) is 0 Å². The van der Waals surface area contributed by atoms with Crippen molar-refractivity contribution in [2.24, 2.45) is 10.9 Å². The lowest BCUT2D eigenvalue weighted by molar-refractivity contribution is -0.144. The number of hydrogen-bond acceptors (Lipinski definition) is 7. The van der Waals surface area contributed by atoms with Crippen molar-refractivity contribution in [3.8, 4) is 0 Å². The number of aromatic nitrogens is 1. The van der Waals surface area contributed by atoms with Gasteiger partial charge < -0.3 is 9.95 Å². The molecule has 0 atom stereocenters. The average molecular weight is 451 g/mol. The molecule has 0 spiro atoms.